The predicted octanol–water partition coefficient (Wildman–Crippen LogP) is 3.44. The van der Waals surface area contributed by atoms with Gasteiger partial charge < -0.3 is 10.9 Å². The maximum absolute atomic E-state index is 11.0. The van der Waals surface area contributed by atoms with Crippen molar-refractivity contribution in [1.29, 1.82) is 0 Å². The van der Waals surface area contributed by atoms with Crippen LogP contribution in [0.2, 0.25) is 0 Å². The molecule has 0 fully saturated rings. The van der Waals surface area contributed by atoms with Crippen LogP contribution in [-0.2, 0) is 9.53 Å². The highest BCUT2D eigenvalue weighted by atomic mass is 35.5. The molecule has 0 amide bonds. The summed E-state index contributed by atoms with van der Waals surface area (Å²) in [6.45, 7) is 11.7. The first-order valence-corrected chi connectivity index (χ1v) is 4.40. The molecule has 0 aromatic rings. The molecule has 0 rings (SSSR count). The van der Waals surface area contributed by atoms with Gasteiger partial charge in [0.15, 0.2) is 0 Å². The zero-order valence-corrected chi connectivity index (χ0v) is 10.9. The van der Waals surface area contributed by atoms with E-state index in [0.29, 0.717) is 12.2 Å². The number of allylic oxidation sites excluding steroid dienone is 1. The van der Waals surface area contributed by atoms with E-state index in [4.69, 9.17) is 4.74 Å². The fraction of sp³-hybridized carbons (Fsp3) is 0.545. The lowest BCUT2D eigenvalue weighted by molar-refractivity contribution is -0.138. The quantitative estimate of drug-likeness (QED) is 0.461. The number of carbonyl (C=O) groups is 1. The molecule has 0 aromatic heterocycles. The number of rotatable bonds is 4. The fourth-order valence-corrected chi connectivity index (χ4v) is 0.670. The Hall–Kier alpha value is -0.800. The van der Waals surface area contributed by atoms with Gasteiger partial charge in [-0.05, 0) is 27.7 Å². The van der Waals surface area contributed by atoms with Crippen LogP contribution in [0.4, 0.5) is 0 Å². The molecule has 0 atom stereocenters. The molecule has 0 bridgehead atoms. The molecule has 4 heteroatoms. The summed E-state index contributed by atoms with van der Waals surface area (Å²) in [7, 11) is 0. The van der Waals surface area contributed by atoms with Crippen molar-refractivity contribution < 1.29 is 9.53 Å². The van der Waals surface area contributed by atoms with Crippen molar-refractivity contribution in [2.75, 3.05) is 6.61 Å². The van der Waals surface area contributed by atoms with Crippen molar-refractivity contribution in [3.8, 4) is 0 Å². The van der Waals surface area contributed by atoms with E-state index < -0.39 is 0 Å². The molecular weight excluding hydrogens is 214 g/mol. The molecule has 0 aliphatic rings. The first-order valence-electron chi connectivity index (χ1n) is 4.40. The van der Waals surface area contributed by atoms with E-state index >= 15 is 0 Å². The Morgan fingerprint density at radius 1 is 1.20 bits per heavy atom. The number of hydrogen-bond acceptors (Lipinski definition) is 3. The van der Waals surface area contributed by atoms with Crippen LogP contribution in [0.15, 0.2) is 23.3 Å². The van der Waals surface area contributed by atoms with E-state index in [1.54, 1.807) is 6.92 Å². The van der Waals surface area contributed by atoms with Crippen LogP contribution in [0.3, 0.4) is 0 Å². The topological polar surface area (TPSA) is 61.3 Å². The minimum Gasteiger partial charge on any atom is -0.462 e. The van der Waals surface area contributed by atoms with Crippen LogP contribution in [-0.4, -0.2) is 12.6 Å². The van der Waals surface area contributed by atoms with E-state index in [2.05, 4.69) is 20.4 Å². The predicted molar refractivity (Wildman–Crippen MR) is 66.7 cm³/mol. The Labute approximate surface area is 98.6 Å². The second-order valence-corrected chi connectivity index (χ2v) is 3.45. The van der Waals surface area contributed by atoms with Crippen molar-refractivity contribution in [3.63, 3.8) is 0 Å². The molecule has 0 aliphatic carbocycles. The van der Waals surface area contributed by atoms with Crippen LogP contribution in [0.1, 0.15) is 34.1 Å². The molecular formula is C11H22ClNO2. The van der Waals surface area contributed by atoms with Crippen LogP contribution < -0.4 is 6.15 Å². The Balaban J connectivity index is -0.000000720. The lowest BCUT2D eigenvalue weighted by atomic mass is 10.1. The Morgan fingerprint density at radius 3 is 2.00 bits per heavy atom. The maximum Gasteiger partial charge on any atom is 0.333 e. The van der Waals surface area contributed by atoms with Gasteiger partial charge in [0, 0.05) is 12.0 Å². The van der Waals surface area contributed by atoms with Gasteiger partial charge in [-0.25, -0.2) is 4.79 Å². The lowest BCUT2D eigenvalue weighted by Gasteiger charge is -2.05. The summed E-state index contributed by atoms with van der Waals surface area (Å²) in [4.78, 5) is 11.0. The molecule has 0 saturated heterocycles. The van der Waals surface area contributed by atoms with Crippen LogP contribution in [0, 0.1) is 0 Å². The normalized spacial score (nSPS) is 8.00. The van der Waals surface area contributed by atoms with Crippen LogP contribution in [0.25, 0.3) is 0 Å². The van der Waals surface area contributed by atoms with E-state index in [0.717, 1.165) is 6.42 Å². The third-order valence-corrected chi connectivity index (χ3v) is 1.91. The lowest BCUT2D eigenvalue weighted by Crippen LogP contribution is -2.06. The number of hydrogen-bond donors (Lipinski definition) is 1. The summed E-state index contributed by atoms with van der Waals surface area (Å²) < 4.78 is 4.95. The number of carbonyl (C=O) groups excluding carboxylic acids is 1. The van der Waals surface area contributed by atoms with Crippen molar-refractivity contribution in [2.24, 2.45) is 0 Å². The first kappa shape index (κ1) is 19.7. The first-order chi connectivity index (χ1) is 5.95. The molecule has 0 saturated carbocycles. The van der Waals surface area contributed by atoms with Gasteiger partial charge in [-0.1, -0.05) is 17.7 Å². The molecule has 0 aromatic carbocycles. The minimum atomic E-state index is -0.304. The summed E-state index contributed by atoms with van der Waals surface area (Å²) in [6.07, 6.45) is 0.807. The standard InChI is InChI=1S/C11H18O2.ClH.H3N/c1-8(2)10(5)6-7-13-11(12)9(3)4;;/h3,6-7H2,1-2,4-5H3;1H;1H3. The highest BCUT2D eigenvalue weighted by Crippen LogP contribution is 2.07. The van der Waals surface area contributed by atoms with E-state index in [-0.39, 0.29) is 24.5 Å². The number of halogens is 1. The molecule has 3 nitrogen and oxygen atoms in total. The molecule has 3 N–H and O–H groups in total. The van der Waals surface area contributed by atoms with E-state index in [1.807, 2.05) is 6.92 Å². The molecule has 0 heterocycles. The molecule has 0 aliphatic heterocycles. The maximum atomic E-state index is 11.0. The Morgan fingerprint density at radius 2 is 1.67 bits per heavy atom. The molecule has 90 valence electrons. The largest absolute Gasteiger partial charge is 0.462 e. The number of esters is 1. The summed E-state index contributed by atoms with van der Waals surface area (Å²) in [5, 5.41) is 0. The van der Waals surface area contributed by atoms with E-state index in [9.17, 15) is 4.79 Å². The van der Waals surface area contributed by atoms with Crippen molar-refractivity contribution in [2.45, 2.75) is 34.1 Å². The third kappa shape index (κ3) is 9.50. The van der Waals surface area contributed by atoms with Gasteiger partial charge >= 0.3 is 5.97 Å². The second kappa shape index (κ2) is 9.74. The van der Waals surface area contributed by atoms with Gasteiger partial charge in [0.05, 0.1) is 6.61 Å². The zero-order valence-electron chi connectivity index (χ0n) is 10.1. The van der Waals surface area contributed by atoms with Crippen molar-refractivity contribution in [3.05, 3.63) is 23.3 Å². The molecule has 0 radical (unpaired) electrons. The van der Waals surface area contributed by atoms with Crippen LogP contribution in [0.5, 0.6) is 0 Å². The molecule has 0 unspecified atom stereocenters. The summed E-state index contributed by atoms with van der Waals surface area (Å²) >= 11 is 0. The fourth-order valence-electron chi connectivity index (χ4n) is 0.670. The monoisotopic (exact) mass is 235 g/mol. The van der Waals surface area contributed by atoms with Crippen LogP contribution >= 0.6 is 12.4 Å². The zero-order chi connectivity index (χ0) is 10.4. The summed E-state index contributed by atoms with van der Waals surface area (Å²) in [6, 6.07) is 0. The third-order valence-electron chi connectivity index (χ3n) is 1.91. The Bertz CT molecular complexity index is 243. The van der Waals surface area contributed by atoms with Gasteiger partial charge in [0.2, 0.25) is 0 Å². The average molecular weight is 236 g/mol. The highest BCUT2D eigenvalue weighted by molar-refractivity contribution is 5.86. The van der Waals surface area contributed by atoms with Gasteiger partial charge in [-0.2, -0.15) is 0 Å². The minimum absolute atomic E-state index is 0. The van der Waals surface area contributed by atoms with Crippen molar-refractivity contribution in [1.82, 2.24) is 6.15 Å². The molecule has 0 spiro atoms. The summed E-state index contributed by atoms with van der Waals surface area (Å²) in [5.74, 6) is -0.304. The Kier molecular flexibility index (Phi) is 12.8. The van der Waals surface area contributed by atoms with E-state index in [1.165, 1.54) is 11.1 Å². The van der Waals surface area contributed by atoms with Gasteiger partial charge in [0.1, 0.15) is 0 Å². The average Bonchev–Trinajstić information content (AvgIpc) is 2.03. The van der Waals surface area contributed by atoms with Crippen molar-refractivity contribution >= 4 is 18.4 Å². The highest BCUT2D eigenvalue weighted by Gasteiger charge is 2.02. The molecule has 15 heavy (non-hydrogen) atoms. The SMILES string of the molecule is C=C(C)C(=O)OCCC(C)=C(C)C.Cl.N. The van der Waals surface area contributed by atoms with Gasteiger partial charge in [-0.3, -0.25) is 0 Å². The summed E-state index contributed by atoms with van der Waals surface area (Å²) in [5.41, 5.74) is 3.01. The second-order valence-electron chi connectivity index (χ2n) is 3.45. The van der Waals surface area contributed by atoms with Gasteiger partial charge in [0.25, 0.3) is 0 Å². The number of ether oxygens (including phenoxy) is 1. The smallest absolute Gasteiger partial charge is 0.333 e. The van der Waals surface area contributed by atoms with Gasteiger partial charge in [-0.15, -0.1) is 12.4 Å².